The number of halogens is 1. The van der Waals surface area contributed by atoms with Crippen LogP contribution >= 0.6 is 24.0 Å². The quantitative estimate of drug-likeness (QED) is 0.378. The van der Waals surface area contributed by atoms with Crippen molar-refractivity contribution in [3.8, 4) is 0 Å². The van der Waals surface area contributed by atoms with Crippen LogP contribution in [0.15, 0.2) is 29.3 Å². The molecule has 1 aromatic rings. The molecule has 1 aromatic carbocycles. The average molecular weight is 472 g/mol. The topological polar surface area (TPSA) is 56.7 Å². The number of nitrogens with zero attached hydrogens (tertiary/aromatic N) is 2. The van der Waals surface area contributed by atoms with Crippen LogP contribution in [0.3, 0.4) is 0 Å². The SMILES string of the molecule is CN=C(NCCC(C)C)NCc1ccc(C(=O)N2CCCCC2)cc1.I. The first-order valence-electron chi connectivity index (χ1n) is 9.43. The second-order valence-corrected chi connectivity index (χ2v) is 7.08. The van der Waals surface area contributed by atoms with E-state index in [1.54, 1.807) is 7.05 Å². The lowest BCUT2D eigenvalue weighted by atomic mass is 10.1. The fourth-order valence-electron chi connectivity index (χ4n) is 2.93. The predicted molar refractivity (Wildman–Crippen MR) is 119 cm³/mol. The Hall–Kier alpha value is -1.31. The van der Waals surface area contributed by atoms with Gasteiger partial charge in [0.15, 0.2) is 5.96 Å². The number of piperidine rings is 1. The van der Waals surface area contributed by atoms with E-state index in [1.165, 1.54) is 6.42 Å². The Bertz CT molecular complexity index is 566. The molecule has 2 rings (SSSR count). The number of hydrogen-bond acceptors (Lipinski definition) is 2. The minimum absolute atomic E-state index is 0. The van der Waals surface area contributed by atoms with Crippen LogP contribution in [0.25, 0.3) is 0 Å². The molecular weight excluding hydrogens is 439 g/mol. The molecule has 0 radical (unpaired) electrons. The lowest BCUT2D eigenvalue weighted by molar-refractivity contribution is 0.0724. The number of benzene rings is 1. The van der Waals surface area contributed by atoms with Crippen molar-refractivity contribution in [2.45, 2.75) is 46.1 Å². The van der Waals surface area contributed by atoms with Crippen LogP contribution < -0.4 is 10.6 Å². The maximum absolute atomic E-state index is 12.5. The first-order valence-corrected chi connectivity index (χ1v) is 9.43. The van der Waals surface area contributed by atoms with Crippen molar-refractivity contribution in [1.82, 2.24) is 15.5 Å². The van der Waals surface area contributed by atoms with Crippen LogP contribution in [0.5, 0.6) is 0 Å². The number of aliphatic imine (C=N–C) groups is 1. The Morgan fingerprint density at radius 3 is 2.35 bits per heavy atom. The standard InChI is InChI=1S/C20H32N4O.HI/c1-16(2)11-12-22-20(21-3)23-15-17-7-9-18(10-8-17)19(25)24-13-5-4-6-14-24;/h7-10,16H,4-6,11-15H2,1-3H3,(H2,21,22,23);1H. The van der Waals surface area contributed by atoms with Gasteiger partial charge < -0.3 is 15.5 Å². The van der Waals surface area contributed by atoms with E-state index >= 15 is 0 Å². The normalized spacial score (nSPS) is 14.8. The van der Waals surface area contributed by atoms with E-state index in [-0.39, 0.29) is 29.9 Å². The average Bonchev–Trinajstić information content (AvgIpc) is 2.65. The van der Waals surface area contributed by atoms with E-state index in [0.29, 0.717) is 12.5 Å². The summed E-state index contributed by atoms with van der Waals surface area (Å²) in [6.45, 7) is 7.82. The van der Waals surface area contributed by atoms with Gasteiger partial charge in [0.05, 0.1) is 0 Å². The Labute approximate surface area is 175 Å². The molecule has 0 aliphatic carbocycles. The summed E-state index contributed by atoms with van der Waals surface area (Å²) in [6, 6.07) is 7.91. The molecule has 1 aliphatic heterocycles. The third-order valence-corrected chi connectivity index (χ3v) is 4.54. The van der Waals surface area contributed by atoms with Crippen molar-refractivity contribution in [3.63, 3.8) is 0 Å². The molecule has 1 aliphatic rings. The summed E-state index contributed by atoms with van der Waals surface area (Å²) in [5, 5.41) is 6.64. The van der Waals surface area contributed by atoms with Gasteiger partial charge in [-0.1, -0.05) is 26.0 Å². The minimum atomic E-state index is 0. The number of amides is 1. The number of hydrogen-bond donors (Lipinski definition) is 2. The fraction of sp³-hybridized carbons (Fsp3) is 0.600. The third kappa shape index (κ3) is 7.51. The highest BCUT2D eigenvalue weighted by Gasteiger charge is 2.17. The van der Waals surface area contributed by atoms with Crippen LogP contribution in [0, 0.1) is 5.92 Å². The van der Waals surface area contributed by atoms with Gasteiger partial charge in [-0.3, -0.25) is 9.79 Å². The molecule has 5 nitrogen and oxygen atoms in total. The van der Waals surface area contributed by atoms with Gasteiger partial charge >= 0.3 is 0 Å². The number of carbonyl (C=O) groups excluding carboxylic acids is 1. The molecule has 0 saturated carbocycles. The van der Waals surface area contributed by atoms with Crippen molar-refractivity contribution in [3.05, 3.63) is 35.4 Å². The molecule has 1 amide bonds. The summed E-state index contributed by atoms with van der Waals surface area (Å²) in [4.78, 5) is 18.7. The zero-order chi connectivity index (χ0) is 18.1. The number of rotatable bonds is 6. The van der Waals surface area contributed by atoms with Crippen LogP contribution in [0.4, 0.5) is 0 Å². The Morgan fingerprint density at radius 1 is 1.12 bits per heavy atom. The fourth-order valence-corrected chi connectivity index (χ4v) is 2.93. The maximum atomic E-state index is 12.5. The highest BCUT2D eigenvalue weighted by Crippen LogP contribution is 2.13. The Balaban J connectivity index is 0.00000338. The Kier molecular flexibility index (Phi) is 10.6. The minimum Gasteiger partial charge on any atom is -0.356 e. The van der Waals surface area contributed by atoms with Crippen LogP contribution in [-0.2, 0) is 6.54 Å². The molecule has 6 heteroatoms. The maximum Gasteiger partial charge on any atom is 0.253 e. The summed E-state index contributed by atoms with van der Waals surface area (Å²) in [5.74, 6) is 1.65. The zero-order valence-corrected chi connectivity index (χ0v) is 18.6. The van der Waals surface area contributed by atoms with Gasteiger partial charge in [-0.25, -0.2) is 0 Å². The molecule has 0 spiro atoms. The number of likely N-dealkylation sites (tertiary alicyclic amines) is 1. The molecule has 26 heavy (non-hydrogen) atoms. The van der Waals surface area contributed by atoms with Gasteiger partial charge in [0.25, 0.3) is 5.91 Å². The zero-order valence-electron chi connectivity index (χ0n) is 16.3. The highest BCUT2D eigenvalue weighted by molar-refractivity contribution is 14.0. The van der Waals surface area contributed by atoms with Crippen molar-refractivity contribution >= 4 is 35.8 Å². The van der Waals surface area contributed by atoms with Gasteiger partial charge in [0, 0.05) is 38.8 Å². The predicted octanol–water partition coefficient (Wildman–Crippen LogP) is 3.64. The highest BCUT2D eigenvalue weighted by atomic mass is 127. The molecule has 1 saturated heterocycles. The molecule has 146 valence electrons. The van der Waals surface area contributed by atoms with Crippen LogP contribution in [0.2, 0.25) is 0 Å². The second kappa shape index (κ2) is 12.1. The van der Waals surface area contributed by atoms with E-state index < -0.39 is 0 Å². The number of nitrogens with one attached hydrogen (secondary N) is 2. The van der Waals surface area contributed by atoms with Crippen LogP contribution in [0.1, 0.15) is 55.5 Å². The van der Waals surface area contributed by atoms with Crippen molar-refractivity contribution in [2.75, 3.05) is 26.7 Å². The van der Waals surface area contributed by atoms with Gasteiger partial charge in [0.1, 0.15) is 0 Å². The summed E-state index contributed by atoms with van der Waals surface area (Å²) in [6.07, 6.45) is 4.60. The summed E-state index contributed by atoms with van der Waals surface area (Å²) in [7, 11) is 1.78. The molecule has 1 heterocycles. The molecule has 0 unspecified atom stereocenters. The lowest BCUT2D eigenvalue weighted by Gasteiger charge is -2.26. The van der Waals surface area contributed by atoms with E-state index in [0.717, 1.165) is 56.0 Å². The van der Waals surface area contributed by atoms with E-state index in [9.17, 15) is 4.79 Å². The van der Waals surface area contributed by atoms with Crippen molar-refractivity contribution in [2.24, 2.45) is 10.9 Å². The van der Waals surface area contributed by atoms with E-state index in [1.807, 2.05) is 29.2 Å². The smallest absolute Gasteiger partial charge is 0.253 e. The summed E-state index contributed by atoms with van der Waals surface area (Å²) in [5.41, 5.74) is 1.92. The van der Waals surface area contributed by atoms with Crippen LogP contribution in [-0.4, -0.2) is 43.4 Å². The second-order valence-electron chi connectivity index (χ2n) is 7.08. The molecule has 2 N–H and O–H groups in total. The first-order chi connectivity index (χ1) is 12.1. The van der Waals surface area contributed by atoms with Gasteiger partial charge in [-0.2, -0.15) is 0 Å². The first kappa shape index (κ1) is 22.7. The Morgan fingerprint density at radius 2 is 1.77 bits per heavy atom. The summed E-state index contributed by atoms with van der Waals surface area (Å²) < 4.78 is 0. The largest absolute Gasteiger partial charge is 0.356 e. The van der Waals surface area contributed by atoms with Gasteiger partial charge in [-0.05, 0) is 49.3 Å². The summed E-state index contributed by atoms with van der Waals surface area (Å²) >= 11 is 0. The molecular formula is C20H33IN4O. The molecule has 0 aromatic heterocycles. The van der Waals surface area contributed by atoms with Crippen molar-refractivity contribution < 1.29 is 4.79 Å². The molecule has 1 fully saturated rings. The monoisotopic (exact) mass is 472 g/mol. The lowest BCUT2D eigenvalue weighted by Crippen LogP contribution is -2.37. The molecule has 0 bridgehead atoms. The molecule has 0 atom stereocenters. The number of guanidine groups is 1. The van der Waals surface area contributed by atoms with Gasteiger partial charge in [0.2, 0.25) is 0 Å². The number of carbonyl (C=O) groups is 1. The third-order valence-electron chi connectivity index (χ3n) is 4.54. The van der Waals surface area contributed by atoms with E-state index in [4.69, 9.17) is 0 Å². The van der Waals surface area contributed by atoms with E-state index in [2.05, 4.69) is 29.5 Å². The van der Waals surface area contributed by atoms with Crippen molar-refractivity contribution in [1.29, 1.82) is 0 Å². The van der Waals surface area contributed by atoms with Gasteiger partial charge in [-0.15, -0.1) is 24.0 Å².